The summed E-state index contributed by atoms with van der Waals surface area (Å²) < 4.78 is 35.8. The van der Waals surface area contributed by atoms with Crippen LogP contribution in [0, 0.1) is 0 Å². The van der Waals surface area contributed by atoms with Crippen molar-refractivity contribution in [2.24, 2.45) is 0 Å². The SMILES string of the molecule is COC(=O)c1ccc2c(c1)nc(-c1ccc(OC(F)F)cc1)c1cccn12. The summed E-state index contributed by atoms with van der Waals surface area (Å²) >= 11 is 0. The minimum absolute atomic E-state index is 0.0777. The summed E-state index contributed by atoms with van der Waals surface area (Å²) in [6, 6.07) is 15.2. The molecular formula is C20H14F2N2O3. The molecule has 4 aromatic rings. The number of carbonyl (C=O) groups excluding carboxylic acids is 1. The summed E-state index contributed by atoms with van der Waals surface area (Å²) in [5.74, 6) is -0.365. The first-order chi connectivity index (χ1) is 13.1. The van der Waals surface area contributed by atoms with E-state index in [1.165, 1.54) is 19.2 Å². The van der Waals surface area contributed by atoms with Gasteiger partial charge in [-0.05, 0) is 54.6 Å². The monoisotopic (exact) mass is 368 g/mol. The highest BCUT2D eigenvalue weighted by Gasteiger charge is 2.13. The Morgan fingerprint density at radius 1 is 1.07 bits per heavy atom. The molecule has 0 amide bonds. The van der Waals surface area contributed by atoms with Crippen molar-refractivity contribution in [2.75, 3.05) is 7.11 Å². The van der Waals surface area contributed by atoms with Gasteiger partial charge in [0.15, 0.2) is 0 Å². The van der Waals surface area contributed by atoms with Gasteiger partial charge in [-0.3, -0.25) is 0 Å². The maximum absolute atomic E-state index is 12.3. The molecule has 5 nitrogen and oxygen atoms in total. The zero-order chi connectivity index (χ0) is 19.0. The first-order valence-electron chi connectivity index (χ1n) is 8.11. The van der Waals surface area contributed by atoms with Gasteiger partial charge in [-0.2, -0.15) is 8.78 Å². The normalized spacial score (nSPS) is 11.3. The molecule has 0 saturated carbocycles. The molecule has 0 aliphatic carbocycles. The summed E-state index contributed by atoms with van der Waals surface area (Å²) in [7, 11) is 1.32. The quantitative estimate of drug-likeness (QED) is 0.496. The lowest BCUT2D eigenvalue weighted by atomic mass is 10.1. The van der Waals surface area contributed by atoms with Gasteiger partial charge >= 0.3 is 12.6 Å². The molecule has 2 aromatic heterocycles. The lowest BCUT2D eigenvalue weighted by Crippen LogP contribution is -2.03. The molecule has 2 aromatic carbocycles. The zero-order valence-electron chi connectivity index (χ0n) is 14.2. The Kier molecular flexibility index (Phi) is 4.19. The Labute approximate surface area is 152 Å². The number of carbonyl (C=O) groups is 1. The van der Waals surface area contributed by atoms with Gasteiger partial charge in [0.2, 0.25) is 0 Å². The van der Waals surface area contributed by atoms with Crippen LogP contribution in [0.25, 0.3) is 27.8 Å². The van der Waals surface area contributed by atoms with Gasteiger partial charge in [-0.15, -0.1) is 0 Å². The first-order valence-corrected chi connectivity index (χ1v) is 8.11. The van der Waals surface area contributed by atoms with Gasteiger partial charge < -0.3 is 13.9 Å². The second-order valence-corrected chi connectivity index (χ2v) is 5.82. The molecule has 0 atom stereocenters. The van der Waals surface area contributed by atoms with Gasteiger partial charge in [-0.25, -0.2) is 9.78 Å². The number of esters is 1. The van der Waals surface area contributed by atoms with Gasteiger partial charge in [-0.1, -0.05) is 0 Å². The lowest BCUT2D eigenvalue weighted by molar-refractivity contribution is -0.0498. The van der Waals surface area contributed by atoms with E-state index in [1.54, 1.807) is 24.3 Å². The summed E-state index contributed by atoms with van der Waals surface area (Å²) in [5, 5.41) is 0. The minimum atomic E-state index is -2.87. The van der Waals surface area contributed by atoms with Gasteiger partial charge in [0.05, 0.1) is 34.9 Å². The van der Waals surface area contributed by atoms with Gasteiger partial charge in [0, 0.05) is 11.8 Å². The van der Waals surface area contributed by atoms with Crippen molar-refractivity contribution in [3.63, 3.8) is 0 Å². The third-order valence-corrected chi connectivity index (χ3v) is 4.23. The van der Waals surface area contributed by atoms with Crippen molar-refractivity contribution < 1.29 is 23.0 Å². The van der Waals surface area contributed by atoms with Crippen molar-refractivity contribution in [2.45, 2.75) is 6.61 Å². The smallest absolute Gasteiger partial charge is 0.387 e. The number of fused-ring (bicyclic) bond motifs is 3. The number of methoxy groups -OCH3 is 1. The molecule has 0 saturated heterocycles. The van der Waals surface area contributed by atoms with Crippen LogP contribution in [0.4, 0.5) is 8.78 Å². The second-order valence-electron chi connectivity index (χ2n) is 5.82. The molecule has 2 heterocycles. The van der Waals surface area contributed by atoms with Crippen molar-refractivity contribution in [1.82, 2.24) is 9.38 Å². The Morgan fingerprint density at radius 2 is 1.85 bits per heavy atom. The Bertz CT molecular complexity index is 1140. The van der Waals surface area contributed by atoms with Crippen molar-refractivity contribution in [3.05, 3.63) is 66.4 Å². The third-order valence-electron chi connectivity index (χ3n) is 4.23. The molecule has 4 rings (SSSR count). The summed E-state index contributed by atoms with van der Waals surface area (Å²) in [6.45, 7) is -2.87. The van der Waals surface area contributed by atoms with Crippen LogP contribution >= 0.6 is 0 Å². The topological polar surface area (TPSA) is 52.8 Å². The summed E-state index contributed by atoms with van der Waals surface area (Å²) in [4.78, 5) is 16.5. The van der Waals surface area contributed by atoms with E-state index < -0.39 is 12.6 Å². The number of aromatic nitrogens is 2. The van der Waals surface area contributed by atoms with E-state index >= 15 is 0 Å². The van der Waals surface area contributed by atoms with Crippen LogP contribution in [-0.4, -0.2) is 29.1 Å². The standard InChI is InChI=1S/C20H14F2N2O3/c1-26-19(25)13-6-9-16-15(11-13)23-18(17-3-2-10-24(16)17)12-4-7-14(8-5-12)27-20(21)22/h2-11,20H,1H3. The average Bonchev–Trinajstić information content (AvgIpc) is 3.16. The molecule has 0 spiro atoms. The van der Waals surface area contributed by atoms with Crippen LogP contribution in [0.5, 0.6) is 5.75 Å². The Morgan fingerprint density at radius 3 is 2.56 bits per heavy atom. The van der Waals surface area contributed by atoms with Crippen LogP contribution in [0.3, 0.4) is 0 Å². The van der Waals surface area contributed by atoms with E-state index in [0.29, 0.717) is 16.8 Å². The van der Waals surface area contributed by atoms with Crippen LogP contribution < -0.4 is 4.74 Å². The molecule has 0 unspecified atom stereocenters. The maximum Gasteiger partial charge on any atom is 0.387 e. The highest BCUT2D eigenvalue weighted by atomic mass is 19.3. The van der Waals surface area contributed by atoms with Crippen molar-refractivity contribution in [1.29, 1.82) is 0 Å². The van der Waals surface area contributed by atoms with Gasteiger partial charge in [0.25, 0.3) is 0 Å². The lowest BCUT2D eigenvalue weighted by Gasteiger charge is -2.10. The Balaban J connectivity index is 1.88. The number of hydrogen-bond donors (Lipinski definition) is 0. The number of rotatable bonds is 4. The number of benzene rings is 2. The molecule has 0 N–H and O–H groups in total. The maximum atomic E-state index is 12.3. The Hall–Kier alpha value is -3.48. The van der Waals surface area contributed by atoms with Crippen LogP contribution in [0.2, 0.25) is 0 Å². The van der Waals surface area contributed by atoms with Crippen molar-refractivity contribution in [3.8, 4) is 17.0 Å². The molecule has 0 aliphatic heterocycles. The van der Waals surface area contributed by atoms with E-state index in [-0.39, 0.29) is 5.75 Å². The highest BCUT2D eigenvalue weighted by Crippen LogP contribution is 2.29. The fourth-order valence-electron chi connectivity index (χ4n) is 3.03. The third kappa shape index (κ3) is 3.08. The molecule has 0 aliphatic rings. The second kappa shape index (κ2) is 6.68. The fourth-order valence-corrected chi connectivity index (χ4v) is 3.03. The fraction of sp³-hybridized carbons (Fsp3) is 0.100. The molecule has 0 fully saturated rings. The largest absolute Gasteiger partial charge is 0.465 e. The van der Waals surface area contributed by atoms with Gasteiger partial charge in [0.1, 0.15) is 5.75 Å². The number of ether oxygens (including phenoxy) is 2. The highest BCUT2D eigenvalue weighted by molar-refractivity contribution is 5.95. The number of hydrogen-bond acceptors (Lipinski definition) is 4. The number of halogens is 2. The predicted octanol–water partition coefficient (Wildman–Crippen LogP) is 4.54. The number of nitrogens with zero attached hydrogens (tertiary/aromatic N) is 2. The average molecular weight is 368 g/mol. The first kappa shape index (κ1) is 17.0. The zero-order valence-corrected chi connectivity index (χ0v) is 14.2. The molecule has 136 valence electrons. The van der Waals surface area contributed by atoms with Crippen LogP contribution in [0.1, 0.15) is 10.4 Å². The number of alkyl halides is 2. The predicted molar refractivity (Wildman–Crippen MR) is 96.1 cm³/mol. The van der Waals surface area contributed by atoms with E-state index in [4.69, 9.17) is 9.72 Å². The minimum Gasteiger partial charge on any atom is -0.465 e. The van der Waals surface area contributed by atoms with Crippen LogP contribution in [0.15, 0.2) is 60.8 Å². The summed E-state index contributed by atoms with van der Waals surface area (Å²) in [6.07, 6.45) is 1.90. The molecular weight excluding hydrogens is 354 g/mol. The van der Waals surface area contributed by atoms with Crippen LogP contribution in [-0.2, 0) is 4.74 Å². The van der Waals surface area contributed by atoms with E-state index in [9.17, 15) is 13.6 Å². The molecule has 0 bridgehead atoms. The van der Waals surface area contributed by atoms with Crippen molar-refractivity contribution >= 4 is 22.5 Å². The summed E-state index contributed by atoms with van der Waals surface area (Å²) in [5.41, 5.74) is 4.11. The molecule has 0 radical (unpaired) electrons. The molecule has 7 heteroatoms. The van der Waals surface area contributed by atoms with E-state index in [2.05, 4.69) is 4.74 Å². The molecule has 27 heavy (non-hydrogen) atoms. The van der Waals surface area contributed by atoms with E-state index in [0.717, 1.165) is 16.6 Å². The van der Waals surface area contributed by atoms with E-state index in [1.807, 2.05) is 28.8 Å².